The van der Waals surface area contributed by atoms with Crippen LogP contribution >= 0.6 is 11.6 Å². The second kappa shape index (κ2) is 8.95. The van der Waals surface area contributed by atoms with Crippen molar-refractivity contribution in [2.75, 3.05) is 39.6 Å². The van der Waals surface area contributed by atoms with Crippen LogP contribution in [-0.2, 0) is 9.47 Å². The molecule has 0 aromatic heterocycles. The van der Waals surface area contributed by atoms with Crippen molar-refractivity contribution in [2.24, 2.45) is 0 Å². The quantitative estimate of drug-likeness (QED) is 0.750. The molecule has 0 aliphatic carbocycles. The fraction of sp³-hybridized carbons (Fsp3) is 0.529. The Morgan fingerprint density at radius 2 is 2.12 bits per heavy atom. The lowest BCUT2D eigenvalue weighted by atomic mass is 10.0. The van der Waals surface area contributed by atoms with E-state index >= 15 is 0 Å². The highest BCUT2D eigenvalue weighted by Crippen LogP contribution is 2.29. The van der Waals surface area contributed by atoms with Crippen LogP contribution in [0.25, 0.3) is 0 Å². The number of ether oxygens (including phenoxy) is 3. The van der Waals surface area contributed by atoms with E-state index in [9.17, 15) is 9.59 Å². The third-order valence-corrected chi connectivity index (χ3v) is 4.60. The van der Waals surface area contributed by atoms with E-state index in [4.69, 9.17) is 31.5 Å². The van der Waals surface area contributed by atoms with E-state index in [1.807, 2.05) is 0 Å². The predicted octanol–water partition coefficient (Wildman–Crippen LogP) is 1.91. The molecule has 1 aliphatic heterocycles. The molecule has 9 heteroatoms. The maximum absolute atomic E-state index is 12.7. The minimum Gasteiger partial charge on any atom is -0.496 e. The van der Waals surface area contributed by atoms with Crippen LogP contribution in [0.1, 0.15) is 23.7 Å². The van der Waals surface area contributed by atoms with E-state index in [1.165, 1.54) is 19.2 Å². The first kappa shape index (κ1) is 20.1. The van der Waals surface area contributed by atoms with Gasteiger partial charge in [0, 0.05) is 19.7 Å². The van der Waals surface area contributed by atoms with Gasteiger partial charge in [-0.25, -0.2) is 4.79 Å². The van der Waals surface area contributed by atoms with Gasteiger partial charge in [-0.3, -0.25) is 4.79 Å². The Bertz CT molecular complexity index is 670. The van der Waals surface area contributed by atoms with Crippen molar-refractivity contribution in [3.05, 3.63) is 22.7 Å². The highest BCUT2D eigenvalue weighted by molar-refractivity contribution is 6.33. The van der Waals surface area contributed by atoms with Crippen LogP contribution in [0.2, 0.25) is 5.02 Å². The number of carbonyl (C=O) groups is 2. The monoisotopic (exact) mass is 385 g/mol. The van der Waals surface area contributed by atoms with E-state index in [1.54, 1.807) is 18.9 Å². The number of methoxy groups -OCH3 is 2. The molecule has 0 saturated carbocycles. The number of benzene rings is 1. The summed E-state index contributed by atoms with van der Waals surface area (Å²) in [5.74, 6) is -0.0114. The fourth-order valence-corrected chi connectivity index (χ4v) is 3.03. The Kier molecular flexibility index (Phi) is 6.93. The number of hydrogen-bond donors (Lipinski definition) is 2. The molecule has 0 radical (unpaired) electrons. The summed E-state index contributed by atoms with van der Waals surface area (Å²) in [5.41, 5.74) is 6.37. The zero-order chi connectivity index (χ0) is 19.3. The molecule has 8 nitrogen and oxygen atoms in total. The molecule has 1 aromatic carbocycles. The number of nitrogen functional groups attached to an aromatic ring is 1. The van der Waals surface area contributed by atoms with Gasteiger partial charge in [0.2, 0.25) is 0 Å². The van der Waals surface area contributed by atoms with Gasteiger partial charge >= 0.3 is 6.09 Å². The summed E-state index contributed by atoms with van der Waals surface area (Å²) in [5, 5.41) is 3.20. The average Bonchev–Trinajstić information content (AvgIpc) is 2.63. The lowest BCUT2D eigenvalue weighted by Gasteiger charge is -2.37. The number of nitrogens with zero attached hydrogens (tertiary/aromatic N) is 1. The topological polar surface area (TPSA) is 103 Å². The van der Waals surface area contributed by atoms with E-state index in [2.05, 4.69) is 5.32 Å². The van der Waals surface area contributed by atoms with Crippen molar-refractivity contribution in [2.45, 2.75) is 25.5 Å². The van der Waals surface area contributed by atoms with Crippen LogP contribution in [-0.4, -0.2) is 63.0 Å². The smallest absolute Gasteiger partial charge is 0.409 e. The number of amides is 2. The summed E-state index contributed by atoms with van der Waals surface area (Å²) in [6, 6.07) is 2.72. The highest BCUT2D eigenvalue weighted by Gasteiger charge is 2.33. The molecular weight excluding hydrogens is 362 g/mol. The molecule has 3 N–H and O–H groups in total. The van der Waals surface area contributed by atoms with Crippen LogP contribution in [0.3, 0.4) is 0 Å². The van der Waals surface area contributed by atoms with Gasteiger partial charge in [-0.05, 0) is 19.4 Å². The second-order valence-electron chi connectivity index (χ2n) is 5.86. The molecule has 2 amide bonds. The molecule has 1 aliphatic rings. The molecule has 2 rings (SSSR count). The summed E-state index contributed by atoms with van der Waals surface area (Å²) < 4.78 is 15.7. The number of piperidine rings is 1. The van der Waals surface area contributed by atoms with Gasteiger partial charge < -0.3 is 30.2 Å². The minimum absolute atomic E-state index is 0.265. The maximum Gasteiger partial charge on any atom is 0.409 e. The van der Waals surface area contributed by atoms with Crippen LogP contribution in [0.4, 0.5) is 10.5 Å². The summed E-state index contributed by atoms with van der Waals surface area (Å²) >= 11 is 6.03. The number of carbonyl (C=O) groups excluding carboxylic acids is 2. The van der Waals surface area contributed by atoms with Crippen molar-refractivity contribution < 1.29 is 23.8 Å². The number of nitrogens with one attached hydrogen (secondary N) is 1. The van der Waals surface area contributed by atoms with Crippen molar-refractivity contribution in [3.63, 3.8) is 0 Å². The zero-order valence-corrected chi connectivity index (χ0v) is 15.8. The Morgan fingerprint density at radius 1 is 1.38 bits per heavy atom. The van der Waals surface area contributed by atoms with E-state index in [0.717, 1.165) is 0 Å². The average molecular weight is 386 g/mol. The van der Waals surface area contributed by atoms with Crippen LogP contribution in [0, 0.1) is 0 Å². The number of halogens is 1. The van der Waals surface area contributed by atoms with Crippen LogP contribution in [0.15, 0.2) is 12.1 Å². The molecule has 0 bridgehead atoms. The van der Waals surface area contributed by atoms with Gasteiger partial charge in [-0.1, -0.05) is 11.6 Å². The van der Waals surface area contributed by atoms with Crippen molar-refractivity contribution >= 4 is 29.3 Å². The number of hydrogen-bond acceptors (Lipinski definition) is 6. The normalized spacial score (nSPS) is 19.8. The third kappa shape index (κ3) is 4.50. The van der Waals surface area contributed by atoms with Crippen molar-refractivity contribution in [1.82, 2.24) is 10.2 Å². The summed E-state index contributed by atoms with van der Waals surface area (Å²) in [7, 11) is 2.99. The molecule has 1 aromatic rings. The predicted molar refractivity (Wildman–Crippen MR) is 97.7 cm³/mol. The first-order valence-corrected chi connectivity index (χ1v) is 8.67. The van der Waals surface area contributed by atoms with Gasteiger partial charge in [0.15, 0.2) is 0 Å². The molecule has 2 atom stereocenters. The number of anilines is 1. The minimum atomic E-state index is -0.383. The van der Waals surface area contributed by atoms with Crippen molar-refractivity contribution in [1.29, 1.82) is 0 Å². The lowest BCUT2D eigenvalue weighted by molar-refractivity contribution is 0.00453. The van der Waals surface area contributed by atoms with Crippen LogP contribution in [0.5, 0.6) is 5.75 Å². The Labute approximate surface area is 157 Å². The second-order valence-corrected chi connectivity index (χ2v) is 6.27. The fourth-order valence-electron chi connectivity index (χ4n) is 2.86. The molecule has 2 unspecified atom stereocenters. The van der Waals surface area contributed by atoms with Gasteiger partial charge in [0.05, 0.1) is 48.7 Å². The number of likely N-dealkylation sites (tertiary alicyclic amines) is 1. The number of nitrogens with two attached hydrogens (primary N) is 1. The maximum atomic E-state index is 12.7. The van der Waals surface area contributed by atoms with Crippen LogP contribution < -0.4 is 15.8 Å². The summed E-state index contributed by atoms with van der Waals surface area (Å²) in [6.45, 7) is 2.86. The van der Waals surface area contributed by atoms with E-state index in [0.29, 0.717) is 37.6 Å². The molecule has 144 valence electrons. The first-order chi connectivity index (χ1) is 12.4. The van der Waals surface area contributed by atoms with E-state index < -0.39 is 0 Å². The SMILES string of the molecule is CCOC(=O)N1CCC(NC(=O)c2cc(Cl)c(N)cc2OC)C(OC)C1. The summed E-state index contributed by atoms with van der Waals surface area (Å²) in [4.78, 5) is 26.1. The highest BCUT2D eigenvalue weighted by atomic mass is 35.5. The standard InChI is InChI=1S/C17H24ClN3O5/c1-4-26-17(23)21-6-5-13(15(9-21)25-3)20-16(22)10-7-11(18)12(19)8-14(10)24-2/h7-8,13,15H,4-6,9,19H2,1-3H3,(H,20,22). The van der Waals surface area contributed by atoms with Gasteiger partial charge in [0.1, 0.15) is 5.75 Å². The Morgan fingerprint density at radius 3 is 2.73 bits per heavy atom. The molecule has 1 fully saturated rings. The zero-order valence-electron chi connectivity index (χ0n) is 15.1. The molecule has 26 heavy (non-hydrogen) atoms. The largest absolute Gasteiger partial charge is 0.496 e. The Hall–Kier alpha value is -2.19. The first-order valence-electron chi connectivity index (χ1n) is 8.29. The number of rotatable bonds is 5. The van der Waals surface area contributed by atoms with Gasteiger partial charge in [-0.2, -0.15) is 0 Å². The molecular formula is C17H24ClN3O5. The van der Waals surface area contributed by atoms with Gasteiger partial charge in [0.25, 0.3) is 5.91 Å². The molecule has 1 heterocycles. The van der Waals surface area contributed by atoms with E-state index in [-0.39, 0.29) is 34.7 Å². The Balaban J connectivity index is 2.09. The van der Waals surface area contributed by atoms with Gasteiger partial charge in [-0.15, -0.1) is 0 Å². The third-order valence-electron chi connectivity index (χ3n) is 4.27. The summed E-state index contributed by atoms with van der Waals surface area (Å²) in [6.07, 6.45) is -0.202. The van der Waals surface area contributed by atoms with Crippen molar-refractivity contribution in [3.8, 4) is 5.75 Å². The molecule has 1 saturated heterocycles. The molecule has 0 spiro atoms. The lowest BCUT2D eigenvalue weighted by Crippen LogP contribution is -2.56.